The Morgan fingerprint density at radius 2 is 2.11 bits per heavy atom. The van der Waals surface area contributed by atoms with Gasteiger partial charge in [0, 0.05) is 12.2 Å². The summed E-state index contributed by atoms with van der Waals surface area (Å²) < 4.78 is 1.94. The summed E-state index contributed by atoms with van der Waals surface area (Å²) in [7, 11) is 0. The lowest BCUT2D eigenvalue weighted by atomic mass is 10.2. The van der Waals surface area contributed by atoms with Crippen molar-refractivity contribution < 1.29 is 9.90 Å². The van der Waals surface area contributed by atoms with Crippen LogP contribution in [0.4, 0.5) is 5.69 Å². The van der Waals surface area contributed by atoms with E-state index in [1.807, 2.05) is 11.5 Å². The number of aryl methyl sites for hydroxylation is 1. The van der Waals surface area contributed by atoms with Crippen LogP contribution in [-0.4, -0.2) is 25.8 Å². The molecule has 6 nitrogen and oxygen atoms in total. The number of hydrogen-bond acceptors (Lipinski definition) is 4. The van der Waals surface area contributed by atoms with Gasteiger partial charge in [-0.15, -0.1) is 10.2 Å². The van der Waals surface area contributed by atoms with Gasteiger partial charge in [-0.25, -0.2) is 4.79 Å². The summed E-state index contributed by atoms with van der Waals surface area (Å²) in [5.74, 6) is -0.0768. The topological polar surface area (TPSA) is 80.0 Å². The average Bonchev–Trinajstić information content (AvgIpc) is 2.84. The minimum absolute atomic E-state index is 0.275. The number of carboxylic acid groups (broad SMARTS) is 1. The first-order valence-corrected chi connectivity index (χ1v) is 5.64. The maximum atomic E-state index is 10.7. The summed E-state index contributed by atoms with van der Waals surface area (Å²) in [6, 6.07) is 6.59. The highest BCUT2D eigenvalue weighted by molar-refractivity contribution is 5.87. The average molecular weight is 246 g/mol. The molecule has 0 fully saturated rings. The van der Waals surface area contributed by atoms with Crippen LogP contribution in [0.5, 0.6) is 0 Å². The van der Waals surface area contributed by atoms with Crippen molar-refractivity contribution >= 4 is 11.7 Å². The third-order valence-corrected chi connectivity index (χ3v) is 2.62. The largest absolute Gasteiger partial charge is 0.478 e. The first-order valence-electron chi connectivity index (χ1n) is 5.64. The molecule has 0 unspecified atom stereocenters. The van der Waals surface area contributed by atoms with Crippen LogP contribution >= 0.6 is 0 Å². The molecule has 0 aliphatic heterocycles. The molecule has 0 bridgehead atoms. The molecule has 18 heavy (non-hydrogen) atoms. The van der Waals surface area contributed by atoms with E-state index < -0.39 is 5.97 Å². The predicted octanol–water partition coefficient (Wildman–Crippen LogP) is 1.61. The molecule has 1 aromatic carbocycles. The second-order valence-corrected chi connectivity index (χ2v) is 3.77. The van der Waals surface area contributed by atoms with Crippen molar-refractivity contribution in [1.82, 2.24) is 14.8 Å². The number of nitrogens with one attached hydrogen (secondary N) is 1. The monoisotopic (exact) mass is 246 g/mol. The van der Waals surface area contributed by atoms with E-state index in [-0.39, 0.29) is 5.56 Å². The number of aromatic carboxylic acids is 1. The summed E-state index contributed by atoms with van der Waals surface area (Å²) in [6.07, 6.45) is 1.69. The van der Waals surface area contributed by atoms with Crippen molar-refractivity contribution in [3.8, 4) is 0 Å². The summed E-state index contributed by atoms with van der Waals surface area (Å²) >= 11 is 0. The third-order valence-electron chi connectivity index (χ3n) is 2.62. The minimum Gasteiger partial charge on any atom is -0.478 e. The zero-order valence-corrected chi connectivity index (χ0v) is 10.00. The van der Waals surface area contributed by atoms with E-state index in [9.17, 15) is 4.79 Å². The minimum atomic E-state index is -0.924. The Bertz CT molecular complexity index is 533. The highest BCUT2D eigenvalue weighted by Gasteiger charge is 2.04. The molecule has 0 radical (unpaired) electrons. The molecule has 0 spiro atoms. The molecule has 0 amide bonds. The van der Waals surface area contributed by atoms with Gasteiger partial charge in [0.25, 0.3) is 0 Å². The van der Waals surface area contributed by atoms with E-state index in [0.717, 1.165) is 18.1 Å². The van der Waals surface area contributed by atoms with Gasteiger partial charge < -0.3 is 15.0 Å². The maximum Gasteiger partial charge on any atom is 0.335 e. The number of carboxylic acids is 1. The number of carbonyl (C=O) groups is 1. The van der Waals surface area contributed by atoms with Crippen LogP contribution in [0, 0.1) is 0 Å². The van der Waals surface area contributed by atoms with Gasteiger partial charge in [-0.3, -0.25) is 0 Å². The van der Waals surface area contributed by atoms with Crippen molar-refractivity contribution in [2.45, 2.75) is 20.0 Å². The molecule has 2 N–H and O–H groups in total. The first kappa shape index (κ1) is 12.1. The van der Waals surface area contributed by atoms with Crippen molar-refractivity contribution in [3.63, 3.8) is 0 Å². The maximum absolute atomic E-state index is 10.7. The van der Waals surface area contributed by atoms with Crippen LogP contribution in [0.1, 0.15) is 23.1 Å². The van der Waals surface area contributed by atoms with Gasteiger partial charge in [-0.05, 0) is 31.2 Å². The molecule has 1 aromatic heterocycles. The van der Waals surface area contributed by atoms with Crippen molar-refractivity contribution in [3.05, 3.63) is 42.0 Å². The molecule has 0 aliphatic carbocycles. The molecule has 94 valence electrons. The lowest BCUT2D eigenvalue weighted by Gasteiger charge is -2.07. The van der Waals surface area contributed by atoms with Crippen molar-refractivity contribution in [2.75, 3.05) is 5.32 Å². The van der Waals surface area contributed by atoms with Gasteiger partial charge >= 0.3 is 5.97 Å². The lowest BCUT2D eigenvalue weighted by molar-refractivity contribution is 0.0697. The Balaban J connectivity index is 2.00. The molecule has 0 aliphatic rings. The molecule has 0 atom stereocenters. The lowest BCUT2D eigenvalue weighted by Crippen LogP contribution is -2.07. The van der Waals surface area contributed by atoms with E-state index in [1.165, 1.54) is 0 Å². The standard InChI is InChI=1S/C12H14N4O2/c1-2-16-8-14-15-11(16)7-13-10-5-3-9(4-6-10)12(17)18/h3-6,8,13H,2,7H2,1H3,(H,17,18). The van der Waals surface area contributed by atoms with Gasteiger partial charge in [0.15, 0.2) is 5.82 Å². The second kappa shape index (κ2) is 5.31. The van der Waals surface area contributed by atoms with Crippen LogP contribution in [0.15, 0.2) is 30.6 Å². The number of aromatic nitrogens is 3. The third kappa shape index (κ3) is 2.65. The van der Waals surface area contributed by atoms with Crippen LogP contribution in [0.25, 0.3) is 0 Å². The summed E-state index contributed by atoms with van der Waals surface area (Å²) in [4.78, 5) is 10.7. The quantitative estimate of drug-likeness (QED) is 0.837. The normalized spacial score (nSPS) is 10.3. The highest BCUT2D eigenvalue weighted by Crippen LogP contribution is 2.10. The first-order chi connectivity index (χ1) is 8.70. The van der Waals surface area contributed by atoms with Gasteiger partial charge in [-0.1, -0.05) is 0 Å². The van der Waals surface area contributed by atoms with Gasteiger partial charge in [0.1, 0.15) is 6.33 Å². The van der Waals surface area contributed by atoms with E-state index in [4.69, 9.17) is 5.11 Å². The second-order valence-electron chi connectivity index (χ2n) is 3.77. The number of benzene rings is 1. The van der Waals surface area contributed by atoms with Gasteiger partial charge in [-0.2, -0.15) is 0 Å². The number of hydrogen-bond donors (Lipinski definition) is 2. The number of anilines is 1. The molecular formula is C12H14N4O2. The fourth-order valence-electron chi connectivity index (χ4n) is 1.59. The van der Waals surface area contributed by atoms with Crippen LogP contribution in [0.2, 0.25) is 0 Å². The van der Waals surface area contributed by atoms with Crippen molar-refractivity contribution in [1.29, 1.82) is 0 Å². The number of rotatable bonds is 5. The van der Waals surface area contributed by atoms with Gasteiger partial charge in [0.2, 0.25) is 0 Å². The van der Waals surface area contributed by atoms with E-state index in [1.54, 1.807) is 30.6 Å². The molecule has 2 aromatic rings. The van der Waals surface area contributed by atoms with E-state index in [2.05, 4.69) is 15.5 Å². The van der Waals surface area contributed by atoms with Crippen LogP contribution in [-0.2, 0) is 13.1 Å². The Morgan fingerprint density at radius 1 is 1.39 bits per heavy atom. The Kier molecular flexibility index (Phi) is 3.57. The van der Waals surface area contributed by atoms with Crippen molar-refractivity contribution in [2.24, 2.45) is 0 Å². The highest BCUT2D eigenvalue weighted by atomic mass is 16.4. The van der Waals surface area contributed by atoms with Gasteiger partial charge in [0.05, 0.1) is 12.1 Å². The summed E-state index contributed by atoms with van der Waals surface area (Å²) in [5, 5.41) is 19.8. The van der Waals surface area contributed by atoms with E-state index in [0.29, 0.717) is 6.54 Å². The van der Waals surface area contributed by atoms with Crippen LogP contribution < -0.4 is 5.32 Å². The molecule has 6 heteroatoms. The zero-order chi connectivity index (χ0) is 13.0. The Hall–Kier alpha value is -2.37. The zero-order valence-electron chi connectivity index (χ0n) is 10.00. The molecular weight excluding hydrogens is 232 g/mol. The smallest absolute Gasteiger partial charge is 0.335 e. The Morgan fingerprint density at radius 3 is 2.72 bits per heavy atom. The fourth-order valence-corrected chi connectivity index (χ4v) is 1.59. The van der Waals surface area contributed by atoms with E-state index >= 15 is 0 Å². The summed E-state index contributed by atoms with van der Waals surface area (Å²) in [6.45, 7) is 3.40. The molecule has 2 rings (SSSR count). The fraction of sp³-hybridized carbons (Fsp3) is 0.250. The molecule has 1 heterocycles. The summed E-state index contributed by atoms with van der Waals surface area (Å²) in [5.41, 5.74) is 1.13. The number of nitrogens with zero attached hydrogens (tertiary/aromatic N) is 3. The van der Waals surface area contributed by atoms with Crippen LogP contribution in [0.3, 0.4) is 0 Å². The Labute approximate surface area is 104 Å². The predicted molar refractivity (Wildman–Crippen MR) is 66.4 cm³/mol. The molecule has 0 saturated heterocycles. The molecule has 0 saturated carbocycles. The SMILES string of the molecule is CCn1cnnc1CNc1ccc(C(=O)O)cc1.